The van der Waals surface area contributed by atoms with Gasteiger partial charge in [0.15, 0.2) is 0 Å². The van der Waals surface area contributed by atoms with Gasteiger partial charge < -0.3 is 19.8 Å². The van der Waals surface area contributed by atoms with Crippen LogP contribution in [0.4, 0.5) is 0 Å². The molecule has 2 aliphatic heterocycles. The molecule has 30 heavy (non-hydrogen) atoms. The third-order valence-electron chi connectivity index (χ3n) is 5.18. The molecular formula is C19H19Cl2N3O5S. The second-order valence-electron chi connectivity index (χ2n) is 7.49. The molecule has 2 aliphatic rings. The minimum absolute atomic E-state index is 0. The number of hydrogen-bond acceptors (Lipinski definition) is 6. The quantitative estimate of drug-likeness (QED) is 0.658. The molecule has 1 aromatic carbocycles. The zero-order valence-electron chi connectivity index (χ0n) is 16.2. The molecule has 2 saturated heterocycles. The number of aliphatic carboxylic acids is 1. The van der Waals surface area contributed by atoms with E-state index in [1.54, 1.807) is 45.0 Å². The number of aryl methyl sites for hydroxylation is 1. The molecule has 1 aromatic heterocycles. The van der Waals surface area contributed by atoms with Crippen LogP contribution in [-0.4, -0.2) is 55.2 Å². The van der Waals surface area contributed by atoms with Gasteiger partial charge in [-0.3, -0.25) is 9.59 Å². The van der Waals surface area contributed by atoms with Crippen LogP contribution >= 0.6 is 35.8 Å². The number of carbonyl (C=O) groups is 3. The summed E-state index contributed by atoms with van der Waals surface area (Å²) in [6, 6.07) is 5.18. The second kappa shape index (κ2) is 7.79. The highest BCUT2D eigenvalue weighted by molar-refractivity contribution is 8.01. The molecule has 0 saturated carbocycles. The number of fused-ring (bicyclic) bond motifs is 1. The SMILES string of the molecule is Cc1onc(-c2ccccc2Cl)c1C(=O)N[C@@H]1C(=O)N2[C@@H]1SC(C)(C)[C@@H]2C(=O)O.Cl. The first-order valence-corrected chi connectivity index (χ1v) is 10.1. The van der Waals surface area contributed by atoms with Crippen LogP contribution in [0.2, 0.25) is 5.02 Å². The molecule has 11 heteroatoms. The smallest absolute Gasteiger partial charge is 0.327 e. The Morgan fingerprint density at radius 1 is 1.33 bits per heavy atom. The number of nitrogens with zero attached hydrogens (tertiary/aromatic N) is 2. The van der Waals surface area contributed by atoms with Gasteiger partial charge in [0, 0.05) is 10.3 Å². The summed E-state index contributed by atoms with van der Waals surface area (Å²) in [7, 11) is 0. The number of rotatable bonds is 4. The number of carbonyl (C=O) groups excluding carboxylic acids is 2. The summed E-state index contributed by atoms with van der Waals surface area (Å²) in [5, 5.41) is 16.2. The van der Waals surface area contributed by atoms with E-state index < -0.39 is 40.0 Å². The van der Waals surface area contributed by atoms with Gasteiger partial charge in [0.1, 0.15) is 34.5 Å². The normalized spacial score (nSPS) is 23.9. The van der Waals surface area contributed by atoms with Crippen molar-refractivity contribution in [3.63, 3.8) is 0 Å². The van der Waals surface area contributed by atoms with Crippen LogP contribution in [0.1, 0.15) is 30.0 Å². The molecule has 0 spiro atoms. The first kappa shape index (κ1) is 22.5. The number of amides is 2. The first-order chi connectivity index (χ1) is 13.6. The van der Waals surface area contributed by atoms with E-state index >= 15 is 0 Å². The number of nitrogens with one attached hydrogen (secondary N) is 1. The lowest BCUT2D eigenvalue weighted by atomic mass is 9.95. The van der Waals surface area contributed by atoms with Gasteiger partial charge in [-0.05, 0) is 26.8 Å². The second-order valence-corrected chi connectivity index (χ2v) is 9.67. The monoisotopic (exact) mass is 471 g/mol. The van der Waals surface area contributed by atoms with Crippen LogP contribution in [0.3, 0.4) is 0 Å². The minimum atomic E-state index is -1.06. The average molecular weight is 472 g/mol. The zero-order chi connectivity index (χ0) is 21.1. The van der Waals surface area contributed by atoms with Crippen molar-refractivity contribution in [3.05, 3.63) is 40.6 Å². The fraction of sp³-hybridized carbons (Fsp3) is 0.368. The van der Waals surface area contributed by atoms with Crippen LogP contribution in [0.25, 0.3) is 11.3 Å². The van der Waals surface area contributed by atoms with Crippen molar-refractivity contribution in [1.29, 1.82) is 0 Å². The third kappa shape index (κ3) is 3.34. The average Bonchev–Trinajstić information content (AvgIpc) is 3.15. The summed E-state index contributed by atoms with van der Waals surface area (Å²) < 4.78 is 4.54. The van der Waals surface area contributed by atoms with E-state index in [-0.39, 0.29) is 23.7 Å². The van der Waals surface area contributed by atoms with Crippen molar-refractivity contribution in [3.8, 4) is 11.3 Å². The Morgan fingerprint density at radius 2 is 2.00 bits per heavy atom. The largest absolute Gasteiger partial charge is 0.480 e. The lowest BCUT2D eigenvalue weighted by Crippen LogP contribution is -2.70. The lowest BCUT2D eigenvalue weighted by Gasteiger charge is -2.43. The maximum Gasteiger partial charge on any atom is 0.327 e. The molecule has 2 N–H and O–H groups in total. The van der Waals surface area contributed by atoms with E-state index in [0.29, 0.717) is 16.3 Å². The van der Waals surface area contributed by atoms with Gasteiger partial charge in [-0.25, -0.2) is 4.79 Å². The van der Waals surface area contributed by atoms with E-state index in [0.717, 1.165) is 0 Å². The van der Waals surface area contributed by atoms with Crippen molar-refractivity contribution in [2.45, 2.75) is 43.0 Å². The predicted octanol–water partition coefficient (Wildman–Crippen LogP) is 2.97. The van der Waals surface area contributed by atoms with Crippen LogP contribution in [0, 0.1) is 6.92 Å². The van der Waals surface area contributed by atoms with Crippen molar-refractivity contribution >= 4 is 53.6 Å². The van der Waals surface area contributed by atoms with Gasteiger partial charge in [-0.15, -0.1) is 24.2 Å². The summed E-state index contributed by atoms with van der Waals surface area (Å²) in [6.07, 6.45) is 0. The molecule has 3 heterocycles. The predicted molar refractivity (Wildman–Crippen MR) is 114 cm³/mol. The Balaban J connectivity index is 0.00000256. The topological polar surface area (TPSA) is 113 Å². The van der Waals surface area contributed by atoms with E-state index in [9.17, 15) is 19.5 Å². The van der Waals surface area contributed by atoms with Gasteiger partial charge >= 0.3 is 5.97 Å². The molecule has 4 rings (SSSR count). The summed E-state index contributed by atoms with van der Waals surface area (Å²) in [4.78, 5) is 38.6. The number of carboxylic acid groups (broad SMARTS) is 1. The maximum absolute atomic E-state index is 13.0. The van der Waals surface area contributed by atoms with Crippen LogP contribution in [0.15, 0.2) is 28.8 Å². The Bertz CT molecular complexity index is 1040. The van der Waals surface area contributed by atoms with Crippen LogP contribution in [-0.2, 0) is 9.59 Å². The third-order valence-corrected chi connectivity index (χ3v) is 7.08. The Kier molecular flexibility index (Phi) is 5.83. The van der Waals surface area contributed by atoms with Gasteiger partial charge in [-0.2, -0.15) is 0 Å². The summed E-state index contributed by atoms with van der Waals surface area (Å²) in [5.41, 5.74) is 1.03. The van der Waals surface area contributed by atoms with Crippen LogP contribution < -0.4 is 5.32 Å². The number of halogens is 2. The fourth-order valence-electron chi connectivity index (χ4n) is 3.84. The highest BCUT2D eigenvalue weighted by atomic mass is 35.5. The summed E-state index contributed by atoms with van der Waals surface area (Å²) in [5.74, 6) is -1.70. The molecule has 2 amide bonds. The summed E-state index contributed by atoms with van der Waals surface area (Å²) >= 11 is 7.59. The van der Waals surface area contributed by atoms with Gasteiger partial charge in [0.05, 0.1) is 5.02 Å². The maximum atomic E-state index is 13.0. The van der Waals surface area contributed by atoms with Crippen molar-refractivity contribution in [2.75, 3.05) is 0 Å². The summed E-state index contributed by atoms with van der Waals surface area (Å²) in [6.45, 7) is 5.16. The minimum Gasteiger partial charge on any atom is -0.480 e. The van der Waals surface area contributed by atoms with E-state index in [1.165, 1.54) is 16.7 Å². The molecule has 3 atom stereocenters. The molecule has 8 nitrogen and oxygen atoms in total. The van der Waals surface area contributed by atoms with Crippen molar-refractivity contribution < 1.29 is 24.0 Å². The zero-order valence-corrected chi connectivity index (χ0v) is 18.6. The molecule has 0 unspecified atom stereocenters. The fourth-order valence-corrected chi connectivity index (χ4v) is 5.69. The van der Waals surface area contributed by atoms with Crippen molar-refractivity contribution in [1.82, 2.24) is 15.4 Å². The molecule has 160 valence electrons. The number of β-lactam (4-membered cyclic amide) rings is 1. The Labute approximate surface area is 187 Å². The number of thioether (sulfide) groups is 1. The van der Waals surface area contributed by atoms with Gasteiger partial charge in [0.2, 0.25) is 5.91 Å². The van der Waals surface area contributed by atoms with Crippen molar-refractivity contribution in [2.24, 2.45) is 0 Å². The highest BCUT2D eigenvalue weighted by Gasteiger charge is 2.64. The van der Waals surface area contributed by atoms with E-state index in [4.69, 9.17) is 16.1 Å². The lowest BCUT2D eigenvalue weighted by molar-refractivity contribution is -0.159. The standard InChI is InChI=1S/C19H18ClN3O5S.ClH/c1-8-11(12(22-28-8)9-6-4-5-7-10(9)20)15(24)21-13-16(25)23-14(18(26)27)19(2,3)29-17(13)23;/h4-7,13-14,17H,1-3H3,(H,21,24)(H,26,27);1H/t13-,14+,17-;/m1./s1. The molecule has 2 fully saturated rings. The number of benzene rings is 1. The molecule has 2 aromatic rings. The first-order valence-electron chi connectivity index (χ1n) is 8.88. The number of aromatic nitrogens is 1. The highest BCUT2D eigenvalue weighted by Crippen LogP contribution is 2.50. The molecule has 0 aliphatic carbocycles. The van der Waals surface area contributed by atoms with Gasteiger partial charge in [-0.1, -0.05) is 35.0 Å². The van der Waals surface area contributed by atoms with Crippen LogP contribution in [0.5, 0.6) is 0 Å². The number of carboxylic acids is 1. The Hall–Kier alpha value is -2.23. The van der Waals surface area contributed by atoms with Gasteiger partial charge in [0.25, 0.3) is 5.91 Å². The molecule has 0 bridgehead atoms. The Morgan fingerprint density at radius 3 is 2.63 bits per heavy atom. The van der Waals surface area contributed by atoms with E-state index in [2.05, 4.69) is 10.5 Å². The molecular weight excluding hydrogens is 453 g/mol. The van der Waals surface area contributed by atoms with E-state index in [1.807, 2.05) is 0 Å². The molecule has 0 radical (unpaired) electrons. The number of hydrogen-bond donors (Lipinski definition) is 2.